The molecule has 1 rings (SSSR count). The molecule has 0 spiro atoms. The van der Waals surface area contributed by atoms with Crippen molar-refractivity contribution in [2.45, 2.75) is 26.3 Å². The van der Waals surface area contributed by atoms with Crippen molar-refractivity contribution in [1.82, 2.24) is 0 Å². The van der Waals surface area contributed by atoms with E-state index >= 15 is 0 Å². The van der Waals surface area contributed by atoms with Gasteiger partial charge in [-0.05, 0) is 26.3 Å². The molecular formula is C8H13N3. The minimum absolute atomic E-state index is 0.218. The predicted octanol–water partition coefficient (Wildman–Crippen LogP) is 1.11. The normalized spacial score (nSPS) is 22.1. The van der Waals surface area contributed by atoms with Crippen LogP contribution in [0, 0.1) is 0 Å². The predicted molar refractivity (Wildman–Crippen MR) is 48.0 cm³/mol. The fraction of sp³-hybridized carbons (Fsp3) is 0.500. The van der Waals surface area contributed by atoms with Gasteiger partial charge in [-0.25, -0.2) is 9.98 Å². The molecule has 3 heteroatoms. The largest absolute Gasteiger partial charge is 0.368 e. The van der Waals surface area contributed by atoms with Crippen molar-refractivity contribution in [2.24, 2.45) is 15.7 Å². The number of hydrogen-bond acceptors (Lipinski definition) is 3. The Balaban J connectivity index is 3.03. The lowest BCUT2D eigenvalue weighted by atomic mass is 10.0. The highest BCUT2D eigenvalue weighted by atomic mass is 15.1. The molecule has 1 aliphatic heterocycles. The minimum Gasteiger partial charge on any atom is -0.368 e. The molecule has 1 aliphatic rings. The number of hydrogen-bond donors (Lipinski definition) is 1. The number of allylic oxidation sites excluding steroid dienone is 1. The molecule has 3 nitrogen and oxygen atoms in total. The minimum atomic E-state index is -0.218. The summed E-state index contributed by atoms with van der Waals surface area (Å²) in [7, 11) is 0. The van der Waals surface area contributed by atoms with Crippen LogP contribution < -0.4 is 5.73 Å². The summed E-state index contributed by atoms with van der Waals surface area (Å²) in [6, 6.07) is 0. The van der Waals surface area contributed by atoms with Gasteiger partial charge < -0.3 is 5.73 Å². The maximum atomic E-state index is 5.49. The van der Waals surface area contributed by atoms with Gasteiger partial charge in [0.25, 0.3) is 0 Å². The van der Waals surface area contributed by atoms with E-state index in [-0.39, 0.29) is 5.54 Å². The van der Waals surface area contributed by atoms with Crippen molar-refractivity contribution in [3.8, 4) is 0 Å². The summed E-state index contributed by atoms with van der Waals surface area (Å²) in [5.41, 5.74) is 6.37. The first-order valence-corrected chi connectivity index (χ1v) is 3.58. The molecule has 0 fully saturated rings. The van der Waals surface area contributed by atoms with E-state index in [1.165, 1.54) is 0 Å². The maximum absolute atomic E-state index is 5.49. The van der Waals surface area contributed by atoms with Gasteiger partial charge in [0.2, 0.25) is 5.96 Å². The molecule has 0 aromatic rings. The molecule has 11 heavy (non-hydrogen) atoms. The fourth-order valence-corrected chi connectivity index (χ4v) is 1.12. The average Bonchev–Trinajstić information content (AvgIpc) is 1.89. The van der Waals surface area contributed by atoms with Crippen molar-refractivity contribution in [3.05, 3.63) is 11.6 Å². The molecule has 0 saturated heterocycles. The number of guanidine groups is 1. The molecule has 0 aliphatic carbocycles. The highest BCUT2D eigenvalue weighted by Gasteiger charge is 2.14. The Kier molecular flexibility index (Phi) is 1.81. The Hall–Kier alpha value is -1.12. The van der Waals surface area contributed by atoms with Gasteiger partial charge >= 0.3 is 0 Å². The fourth-order valence-electron chi connectivity index (χ4n) is 1.12. The molecule has 1 heterocycles. The van der Waals surface area contributed by atoms with Gasteiger partial charge in [0.1, 0.15) is 0 Å². The molecule has 0 aromatic carbocycles. The SMILES string of the molecule is CC1=CC(C)(C)N=C(N)N=C1. The van der Waals surface area contributed by atoms with Crippen molar-refractivity contribution in [3.63, 3.8) is 0 Å². The summed E-state index contributed by atoms with van der Waals surface area (Å²) >= 11 is 0. The van der Waals surface area contributed by atoms with E-state index in [1.54, 1.807) is 6.21 Å². The van der Waals surface area contributed by atoms with E-state index in [2.05, 4.69) is 9.98 Å². The van der Waals surface area contributed by atoms with E-state index in [0.29, 0.717) is 5.96 Å². The maximum Gasteiger partial charge on any atom is 0.216 e. The summed E-state index contributed by atoms with van der Waals surface area (Å²) in [4.78, 5) is 8.11. The van der Waals surface area contributed by atoms with Crippen molar-refractivity contribution in [1.29, 1.82) is 0 Å². The summed E-state index contributed by atoms with van der Waals surface area (Å²) in [5.74, 6) is 0.350. The molecular weight excluding hydrogens is 138 g/mol. The molecule has 0 atom stereocenters. The third-order valence-corrected chi connectivity index (χ3v) is 1.38. The lowest BCUT2D eigenvalue weighted by Gasteiger charge is -2.13. The second-order valence-electron chi connectivity index (χ2n) is 3.27. The molecule has 0 radical (unpaired) electrons. The van der Waals surface area contributed by atoms with Gasteiger partial charge in [-0.1, -0.05) is 6.08 Å². The summed E-state index contributed by atoms with van der Waals surface area (Å²) in [5, 5.41) is 0. The third kappa shape index (κ3) is 2.18. The summed E-state index contributed by atoms with van der Waals surface area (Å²) < 4.78 is 0. The van der Waals surface area contributed by atoms with Crippen LogP contribution in [0.5, 0.6) is 0 Å². The molecule has 0 aromatic heterocycles. The summed E-state index contributed by atoms with van der Waals surface area (Å²) in [6.07, 6.45) is 3.77. The lowest BCUT2D eigenvalue weighted by molar-refractivity contribution is 0.654. The Bertz CT molecular complexity index is 222. The van der Waals surface area contributed by atoms with Crippen LogP contribution in [-0.4, -0.2) is 17.7 Å². The molecule has 0 unspecified atom stereocenters. The quantitative estimate of drug-likeness (QED) is 0.554. The molecule has 0 amide bonds. The Morgan fingerprint density at radius 3 is 2.73 bits per heavy atom. The van der Waals surface area contributed by atoms with Crippen LogP contribution in [0.4, 0.5) is 0 Å². The number of nitrogens with zero attached hydrogens (tertiary/aromatic N) is 2. The van der Waals surface area contributed by atoms with Crippen LogP contribution >= 0.6 is 0 Å². The first-order chi connectivity index (χ1) is 4.99. The number of rotatable bonds is 0. The van der Waals surface area contributed by atoms with E-state index in [0.717, 1.165) is 5.57 Å². The van der Waals surface area contributed by atoms with Crippen molar-refractivity contribution < 1.29 is 0 Å². The number of aliphatic imine (C=N–C) groups is 2. The van der Waals surface area contributed by atoms with E-state index < -0.39 is 0 Å². The first-order valence-electron chi connectivity index (χ1n) is 3.58. The van der Waals surface area contributed by atoms with Crippen molar-refractivity contribution in [2.75, 3.05) is 0 Å². The first kappa shape index (κ1) is 7.98. The Morgan fingerprint density at radius 2 is 2.09 bits per heavy atom. The second-order valence-corrected chi connectivity index (χ2v) is 3.27. The monoisotopic (exact) mass is 151 g/mol. The van der Waals surface area contributed by atoms with Gasteiger partial charge in [0, 0.05) is 6.21 Å². The zero-order valence-corrected chi connectivity index (χ0v) is 7.13. The standard InChI is InChI=1S/C8H13N3/c1-6-4-8(2,3)11-7(9)10-5-6/h4-5H,1-3H3,(H2,9,11). The number of nitrogens with two attached hydrogens (primary N) is 1. The van der Waals surface area contributed by atoms with E-state index in [4.69, 9.17) is 5.73 Å². The van der Waals surface area contributed by atoms with Crippen LogP contribution in [-0.2, 0) is 0 Å². The van der Waals surface area contributed by atoms with Crippen molar-refractivity contribution >= 4 is 12.2 Å². The topological polar surface area (TPSA) is 50.7 Å². The van der Waals surface area contributed by atoms with Crippen LogP contribution in [0.15, 0.2) is 21.6 Å². The molecule has 0 bridgehead atoms. The average molecular weight is 151 g/mol. The molecule has 60 valence electrons. The van der Waals surface area contributed by atoms with Crippen LogP contribution in [0.3, 0.4) is 0 Å². The molecule has 0 saturated carbocycles. The van der Waals surface area contributed by atoms with Gasteiger partial charge in [-0.2, -0.15) is 0 Å². The van der Waals surface area contributed by atoms with Crippen LogP contribution in [0.25, 0.3) is 0 Å². The van der Waals surface area contributed by atoms with E-state index in [9.17, 15) is 0 Å². The molecule has 2 N–H and O–H groups in total. The Morgan fingerprint density at radius 1 is 1.45 bits per heavy atom. The van der Waals surface area contributed by atoms with Gasteiger partial charge in [-0.15, -0.1) is 0 Å². The van der Waals surface area contributed by atoms with Crippen LogP contribution in [0.1, 0.15) is 20.8 Å². The van der Waals surface area contributed by atoms with Gasteiger partial charge in [0.15, 0.2) is 0 Å². The summed E-state index contributed by atoms with van der Waals surface area (Å²) in [6.45, 7) is 5.98. The lowest BCUT2D eigenvalue weighted by Crippen LogP contribution is -2.18. The highest BCUT2D eigenvalue weighted by molar-refractivity contribution is 5.93. The smallest absolute Gasteiger partial charge is 0.216 e. The van der Waals surface area contributed by atoms with E-state index in [1.807, 2.05) is 26.8 Å². The highest BCUT2D eigenvalue weighted by Crippen LogP contribution is 2.14. The zero-order valence-electron chi connectivity index (χ0n) is 7.13. The van der Waals surface area contributed by atoms with Gasteiger partial charge in [0.05, 0.1) is 5.54 Å². The van der Waals surface area contributed by atoms with Gasteiger partial charge in [-0.3, -0.25) is 0 Å². The third-order valence-electron chi connectivity index (χ3n) is 1.38. The van der Waals surface area contributed by atoms with Crippen LogP contribution in [0.2, 0.25) is 0 Å². The Labute approximate surface area is 66.7 Å². The zero-order chi connectivity index (χ0) is 8.48. The second kappa shape index (κ2) is 2.49.